The summed E-state index contributed by atoms with van der Waals surface area (Å²) in [6.07, 6.45) is 10.1. The third kappa shape index (κ3) is 5.45. The van der Waals surface area contributed by atoms with Crippen LogP contribution in [0.15, 0.2) is 47.1 Å². The first kappa shape index (κ1) is 20.2. The van der Waals surface area contributed by atoms with Crippen LogP contribution in [0.25, 0.3) is 0 Å². The molecule has 2 rings (SSSR count). The quantitative estimate of drug-likeness (QED) is 0.383. The highest BCUT2D eigenvalue weighted by molar-refractivity contribution is 5.91. The smallest absolute Gasteiger partial charge is 0.334 e. The van der Waals surface area contributed by atoms with Gasteiger partial charge in [-0.2, -0.15) is 0 Å². The second-order valence-electron chi connectivity index (χ2n) is 7.42. The van der Waals surface area contributed by atoms with Gasteiger partial charge in [0.25, 0.3) is 0 Å². The maximum atomic E-state index is 12.0. The van der Waals surface area contributed by atoms with Crippen molar-refractivity contribution >= 4 is 11.9 Å². The fourth-order valence-corrected chi connectivity index (χ4v) is 3.45. The first-order valence-electron chi connectivity index (χ1n) is 9.34. The summed E-state index contributed by atoms with van der Waals surface area (Å²) in [5.74, 6) is -0.650. The van der Waals surface area contributed by atoms with E-state index in [-0.39, 0.29) is 30.1 Å². The number of carbonyl (C=O) groups excluding carboxylic acids is 2. The molecule has 26 heavy (non-hydrogen) atoms. The zero-order valence-electron chi connectivity index (χ0n) is 16.3. The Bertz CT molecular complexity index is 666. The predicted molar refractivity (Wildman–Crippen MR) is 102 cm³/mol. The molecule has 0 N–H and O–H groups in total. The first-order valence-corrected chi connectivity index (χ1v) is 9.34. The average Bonchev–Trinajstić information content (AvgIpc) is 2.82. The molecule has 2 aliphatic rings. The minimum Gasteiger partial charge on any atom is -0.458 e. The van der Waals surface area contributed by atoms with Crippen molar-refractivity contribution in [3.8, 4) is 0 Å². The predicted octanol–water partition coefficient (Wildman–Crippen LogP) is 4.82. The number of hydrogen-bond donors (Lipinski definition) is 0. The van der Waals surface area contributed by atoms with Gasteiger partial charge in [0.15, 0.2) is 0 Å². The highest BCUT2D eigenvalue weighted by Crippen LogP contribution is 2.33. The fraction of sp³-hybridized carbons (Fsp3) is 0.545. The molecular weight excluding hydrogens is 328 g/mol. The third-order valence-corrected chi connectivity index (χ3v) is 5.14. The van der Waals surface area contributed by atoms with E-state index in [4.69, 9.17) is 9.47 Å². The Morgan fingerprint density at radius 3 is 2.62 bits per heavy atom. The molecule has 1 fully saturated rings. The van der Waals surface area contributed by atoms with Gasteiger partial charge in [0.1, 0.15) is 12.2 Å². The van der Waals surface area contributed by atoms with Gasteiger partial charge < -0.3 is 9.47 Å². The average molecular weight is 358 g/mol. The van der Waals surface area contributed by atoms with Crippen molar-refractivity contribution in [2.45, 2.75) is 72.0 Å². The molecule has 3 atom stereocenters. The SMILES string of the molecule is C=C1C(=O)O[C@H]2/C=C(\C)CC/C=C(\C)CCC(OC(C)=O)/C(C)=C\C[C@@H]12. The van der Waals surface area contributed by atoms with Crippen molar-refractivity contribution in [1.82, 2.24) is 0 Å². The molecule has 1 saturated heterocycles. The highest BCUT2D eigenvalue weighted by Gasteiger charge is 2.36. The van der Waals surface area contributed by atoms with Gasteiger partial charge in [-0.1, -0.05) is 29.9 Å². The van der Waals surface area contributed by atoms with Crippen molar-refractivity contribution in [2.24, 2.45) is 5.92 Å². The molecule has 4 heteroatoms. The van der Waals surface area contributed by atoms with Gasteiger partial charge in [0.2, 0.25) is 0 Å². The lowest BCUT2D eigenvalue weighted by molar-refractivity contribution is -0.145. The van der Waals surface area contributed by atoms with Crippen LogP contribution in [0, 0.1) is 5.92 Å². The minimum atomic E-state index is -0.313. The van der Waals surface area contributed by atoms with E-state index in [9.17, 15) is 9.59 Å². The summed E-state index contributed by atoms with van der Waals surface area (Å²) >= 11 is 0. The molecule has 0 aromatic heterocycles. The van der Waals surface area contributed by atoms with E-state index in [1.165, 1.54) is 18.1 Å². The number of esters is 2. The van der Waals surface area contributed by atoms with Crippen LogP contribution in [-0.4, -0.2) is 24.1 Å². The first-order chi connectivity index (χ1) is 12.3. The molecule has 4 nitrogen and oxygen atoms in total. The maximum absolute atomic E-state index is 12.0. The molecule has 1 aliphatic heterocycles. The Labute approximate surface area is 156 Å². The van der Waals surface area contributed by atoms with Crippen LogP contribution in [0.5, 0.6) is 0 Å². The fourth-order valence-electron chi connectivity index (χ4n) is 3.45. The number of fused-ring (bicyclic) bond motifs is 1. The summed E-state index contributed by atoms with van der Waals surface area (Å²) in [5, 5.41) is 0. The van der Waals surface area contributed by atoms with Crippen LogP contribution in [-0.2, 0) is 19.1 Å². The Kier molecular flexibility index (Phi) is 7.01. The number of carbonyl (C=O) groups is 2. The molecule has 0 amide bonds. The third-order valence-electron chi connectivity index (χ3n) is 5.14. The van der Waals surface area contributed by atoms with Crippen LogP contribution in [0.3, 0.4) is 0 Å². The normalized spacial score (nSPS) is 34.2. The van der Waals surface area contributed by atoms with Crippen LogP contribution < -0.4 is 0 Å². The lowest BCUT2D eigenvalue weighted by Crippen LogP contribution is -2.19. The number of rotatable bonds is 1. The van der Waals surface area contributed by atoms with Gasteiger partial charge in [-0.15, -0.1) is 0 Å². The summed E-state index contributed by atoms with van der Waals surface area (Å²) in [5.41, 5.74) is 4.06. The van der Waals surface area contributed by atoms with E-state index in [1.54, 1.807) is 0 Å². The Morgan fingerprint density at radius 2 is 1.92 bits per heavy atom. The van der Waals surface area contributed by atoms with Gasteiger partial charge in [-0.25, -0.2) is 4.79 Å². The summed E-state index contributed by atoms with van der Waals surface area (Å²) in [7, 11) is 0. The highest BCUT2D eigenvalue weighted by atomic mass is 16.6. The zero-order valence-corrected chi connectivity index (χ0v) is 16.3. The van der Waals surface area contributed by atoms with Crippen LogP contribution >= 0.6 is 0 Å². The van der Waals surface area contributed by atoms with Crippen LogP contribution in [0.1, 0.15) is 59.8 Å². The lowest BCUT2D eigenvalue weighted by Gasteiger charge is -2.20. The lowest BCUT2D eigenvalue weighted by atomic mass is 9.90. The van der Waals surface area contributed by atoms with Gasteiger partial charge in [0.05, 0.1) is 0 Å². The monoisotopic (exact) mass is 358 g/mol. The van der Waals surface area contributed by atoms with Crippen LogP contribution in [0.4, 0.5) is 0 Å². The van der Waals surface area contributed by atoms with Gasteiger partial charge >= 0.3 is 11.9 Å². The van der Waals surface area contributed by atoms with Crippen molar-refractivity contribution in [3.05, 3.63) is 47.1 Å². The molecule has 0 bridgehead atoms. The Hall–Kier alpha value is -2.10. The molecule has 0 spiro atoms. The molecule has 142 valence electrons. The summed E-state index contributed by atoms with van der Waals surface area (Å²) in [4.78, 5) is 23.5. The molecule has 1 aliphatic carbocycles. The van der Waals surface area contributed by atoms with Crippen molar-refractivity contribution < 1.29 is 19.1 Å². The van der Waals surface area contributed by atoms with E-state index in [0.717, 1.165) is 31.3 Å². The Morgan fingerprint density at radius 1 is 1.19 bits per heavy atom. The maximum Gasteiger partial charge on any atom is 0.334 e. The van der Waals surface area contributed by atoms with Gasteiger partial charge in [0, 0.05) is 18.4 Å². The van der Waals surface area contributed by atoms with Gasteiger partial charge in [-0.05, 0) is 64.5 Å². The zero-order chi connectivity index (χ0) is 19.3. The molecular formula is C22H30O4. The van der Waals surface area contributed by atoms with E-state index in [1.807, 2.05) is 6.92 Å². The molecule has 0 radical (unpaired) electrons. The van der Waals surface area contributed by atoms with Gasteiger partial charge in [-0.3, -0.25) is 4.79 Å². The second-order valence-corrected chi connectivity index (χ2v) is 7.42. The van der Waals surface area contributed by atoms with Crippen molar-refractivity contribution in [2.75, 3.05) is 0 Å². The Balaban J connectivity index is 2.30. The summed E-state index contributed by atoms with van der Waals surface area (Å²) in [6.45, 7) is 11.5. The van der Waals surface area contributed by atoms with Crippen LogP contribution in [0.2, 0.25) is 0 Å². The minimum absolute atomic E-state index is 0.0643. The van der Waals surface area contributed by atoms with Crippen molar-refractivity contribution in [3.63, 3.8) is 0 Å². The molecule has 0 saturated carbocycles. The molecule has 1 unspecified atom stereocenters. The number of hydrogen-bond acceptors (Lipinski definition) is 4. The second kappa shape index (κ2) is 9.02. The largest absolute Gasteiger partial charge is 0.458 e. The van der Waals surface area contributed by atoms with E-state index in [0.29, 0.717) is 12.0 Å². The topological polar surface area (TPSA) is 52.6 Å². The number of allylic oxidation sites excluding steroid dienone is 4. The molecule has 1 heterocycles. The summed E-state index contributed by atoms with van der Waals surface area (Å²) < 4.78 is 11.0. The van der Waals surface area contributed by atoms with E-state index >= 15 is 0 Å². The molecule has 0 aromatic carbocycles. The standard InChI is InChI=1S/C22H30O4/c1-14-7-6-8-15(2)13-21-19(17(4)22(24)26-21)11-10-16(3)20(12-9-14)25-18(5)23/h7,10,13,19-21H,4,6,8-9,11-12H2,1-3,5H3/b14-7+,15-13+,16-10-/t19-,20?,21-/m0/s1. The summed E-state index contributed by atoms with van der Waals surface area (Å²) in [6, 6.07) is 0. The number of ether oxygens (including phenoxy) is 2. The van der Waals surface area contributed by atoms with Crippen molar-refractivity contribution in [1.29, 1.82) is 0 Å². The van der Waals surface area contributed by atoms with E-state index in [2.05, 4.69) is 38.7 Å². The molecule has 0 aromatic rings. The van der Waals surface area contributed by atoms with E-state index < -0.39 is 0 Å².